The van der Waals surface area contributed by atoms with E-state index in [0.717, 1.165) is 0 Å². The highest BCUT2D eigenvalue weighted by Gasteiger charge is 2.75. The fourth-order valence-electron chi connectivity index (χ4n) is 8.47. The molecular weight excluding hydrogens is 521 g/mol. The van der Waals surface area contributed by atoms with Crippen LogP contribution in [0.5, 0.6) is 5.75 Å². The molecule has 0 aromatic heterocycles. The van der Waals surface area contributed by atoms with Crippen LogP contribution in [0.4, 0.5) is 10.1 Å². The minimum Gasteiger partial charge on any atom is -0.497 e. The van der Waals surface area contributed by atoms with Gasteiger partial charge in [-0.1, -0.05) is 25.5 Å². The third-order valence-corrected chi connectivity index (χ3v) is 10.6. The zero-order valence-electron chi connectivity index (χ0n) is 23.2. The van der Waals surface area contributed by atoms with Crippen molar-refractivity contribution in [1.29, 1.82) is 0 Å². The Morgan fingerprint density at radius 1 is 1.27 bits per heavy atom. The Morgan fingerprint density at radius 2 is 2.00 bits per heavy atom. The standard InChI is InChI=1S/C30H36FNO8/c1-17-11-23-22-8-6-19-12-20(33)9-10-27(19,2)29(22,31)25(34)14-28(23,3)30(17,36)26(35)16-40-15-18-5-7-21(39-4)13-24(18)32(37)38/h5,7,9-10,12-13,17,22-23,25,34,36H,6,8,11,14-16H2,1-4H3/t17?,22-,23-,25?,27-,28-,29-,30-/m0/s1. The molecule has 9 nitrogen and oxygen atoms in total. The maximum absolute atomic E-state index is 17.3. The van der Waals surface area contributed by atoms with E-state index >= 15 is 4.39 Å². The molecule has 0 spiro atoms. The van der Waals surface area contributed by atoms with Gasteiger partial charge < -0.3 is 19.7 Å². The van der Waals surface area contributed by atoms with Crippen LogP contribution in [0.3, 0.4) is 0 Å². The van der Waals surface area contributed by atoms with Gasteiger partial charge in [-0.25, -0.2) is 4.39 Å². The highest BCUT2D eigenvalue weighted by atomic mass is 19.1. The van der Waals surface area contributed by atoms with Crippen LogP contribution < -0.4 is 4.74 Å². The van der Waals surface area contributed by atoms with Gasteiger partial charge in [-0.15, -0.1) is 0 Å². The molecule has 0 bridgehead atoms. The number of fused-ring (bicyclic) bond motifs is 5. The van der Waals surface area contributed by atoms with Gasteiger partial charge in [0.2, 0.25) is 0 Å². The van der Waals surface area contributed by atoms with E-state index < -0.39 is 63.3 Å². The van der Waals surface area contributed by atoms with E-state index in [1.165, 1.54) is 31.4 Å². The average molecular weight is 558 g/mol. The van der Waals surface area contributed by atoms with Crippen molar-refractivity contribution in [3.63, 3.8) is 0 Å². The first-order valence-corrected chi connectivity index (χ1v) is 13.7. The normalized spacial score (nSPS) is 40.1. The molecular formula is C30H36FNO8. The molecule has 4 aliphatic carbocycles. The number of nitro groups is 1. The van der Waals surface area contributed by atoms with Crippen LogP contribution in [0, 0.1) is 38.7 Å². The third kappa shape index (κ3) is 3.75. The number of nitro benzene ring substituents is 1. The van der Waals surface area contributed by atoms with Gasteiger partial charge in [-0.2, -0.15) is 0 Å². The number of rotatable bonds is 7. The number of aliphatic hydroxyl groups is 2. The first kappa shape index (κ1) is 28.6. The topological polar surface area (TPSA) is 136 Å². The molecule has 0 aliphatic heterocycles. The Bertz CT molecular complexity index is 1330. The van der Waals surface area contributed by atoms with Crippen LogP contribution in [-0.2, 0) is 20.9 Å². The molecule has 0 saturated heterocycles. The lowest BCUT2D eigenvalue weighted by Gasteiger charge is -2.62. The Labute approximate surface area is 232 Å². The van der Waals surface area contributed by atoms with Gasteiger partial charge in [0.1, 0.15) is 18.0 Å². The van der Waals surface area contributed by atoms with Crippen molar-refractivity contribution in [2.45, 2.75) is 70.4 Å². The van der Waals surface area contributed by atoms with Gasteiger partial charge in [-0.05, 0) is 68.7 Å². The second-order valence-electron chi connectivity index (χ2n) is 12.3. The van der Waals surface area contributed by atoms with E-state index in [1.807, 2.05) is 0 Å². The van der Waals surface area contributed by atoms with Crippen molar-refractivity contribution < 1.29 is 38.6 Å². The molecule has 3 saturated carbocycles. The summed E-state index contributed by atoms with van der Waals surface area (Å²) in [6.07, 6.45) is 4.07. The summed E-state index contributed by atoms with van der Waals surface area (Å²) in [5.41, 5.74) is -5.52. The molecule has 0 heterocycles. The summed E-state index contributed by atoms with van der Waals surface area (Å²) >= 11 is 0. The molecule has 40 heavy (non-hydrogen) atoms. The van der Waals surface area contributed by atoms with Crippen LogP contribution in [0.2, 0.25) is 0 Å². The quantitative estimate of drug-likeness (QED) is 0.379. The third-order valence-electron chi connectivity index (χ3n) is 10.6. The van der Waals surface area contributed by atoms with E-state index in [0.29, 0.717) is 30.6 Å². The average Bonchev–Trinajstić information content (AvgIpc) is 3.11. The predicted octanol–water partition coefficient (Wildman–Crippen LogP) is 4.04. The molecule has 2 unspecified atom stereocenters. The number of aliphatic hydroxyl groups excluding tert-OH is 1. The van der Waals surface area contributed by atoms with Gasteiger partial charge >= 0.3 is 0 Å². The number of carbonyl (C=O) groups is 2. The Kier molecular flexibility index (Phi) is 6.83. The minimum atomic E-state index is -2.06. The van der Waals surface area contributed by atoms with Crippen LogP contribution >= 0.6 is 0 Å². The van der Waals surface area contributed by atoms with Gasteiger partial charge in [0.15, 0.2) is 17.2 Å². The Balaban J connectivity index is 1.39. The summed E-state index contributed by atoms with van der Waals surface area (Å²) in [5, 5.41) is 35.0. The van der Waals surface area contributed by atoms with Gasteiger partial charge in [0.05, 0.1) is 36.4 Å². The number of ketones is 2. The number of hydrogen-bond acceptors (Lipinski definition) is 8. The van der Waals surface area contributed by atoms with E-state index in [2.05, 4.69) is 0 Å². The van der Waals surface area contributed by atoms with Crippen LogP contribution in [0.15, 0.2) is 42.0 Å². The molecule has 8 atom stereocenters. The lowest BCUT2D eigenvalue weighted by Crippen LogP contribution is -2.69. The minimum absolute atomic E-state index is 0.133. The van der Waals surface area contributed by atoms with E-state index in [-0.39, 0.29) is 30.1 Å². The number of nitrogens with zero attached hydrogens (tertiary/aromatic N) is 1. The number of halogens is 1. The molecule has 5 rings (SSSR count). The van der Waals surface area contributed by atoms with Crippen molar-refractivity contribution in [2.24, 2.45) is 28.6 Å². The molecule has 4 aliphatic rings. The van der Waals surface area contributed by atoms with E-state index in [4.69, 9.17) is 9.47 Å². The first-order valence-electron chi connectivity index (χ1n) is 13.7. The van der Waals surface area contributed by atoms with E-state index in [1.54, 1.807) is 32.9 Å². The van der Waals surface area contributed by atoms with Crippen molar-refractivity contribution in [3.05, 3.63) is 57.7 Å². The Morgan fingerprint density at radius 3 is 2.67 bits per heavy atom. The number of benzene rings is 1. The number of allylic oxidation sites excluding steroid dienone is 4. The highest BCUT2D eigenvalue weighted by Crippen LogP contribution is 2.70. The fourth-order valence-corrected chi connectivity index (χ4v) is 8.47. The molecule has 2 N–H and O–H groups in total. The summed E-state index contributed by atoms with van der Waals surface area (Å²) in [6, 6.07) is 4.32. The number of hydrogen-bond donors (Lipinski definition) is 2. The monoisotopic (exact) mass is 557 g/mol. The van der Waals surface area contributed by atoms with Crippen molar-refractivity contribution in [2.75, 3.05) is 13.7 Å². The molecule has 3 fully saturated rings. The summed E-state index contributed by atoms with van der Waals surface area (Å²) in [4.78, 5) is 36.6. The largest absolute Gasteiger partial charge is 0.497 e. The van der Waals surface area contributed by atoms with Crippen LogP contribution in [0.1, 0.15) is 52.0 Å². The van der Waals surface area contributed by atoms with Gasteiger partial charge in [0, 0.05) is 16.7 Å². The van der Waals surface area contributed by atoms with Crippen molar-refractivity contribution >= 4 is 17.3 Å². The molecule has 0 amide bonds. The first-order chi connectivity index (χ1) is 18.7. The van der Waals surface area contributed by atoms with Crippen molar-refractivity contribution in [1.82, 2.24) is 0 Å². The SMILES string of the molecule is COc1ccc(COCC(=O)[C@@]2(O)C(C)C[C@H]3[C@@H]4CCC5=CC(=O)C=C[C@]5(C)[C@@]4(F)C(O)C[C@@]32C)c([N+](=O)[O-])c1. The summed E-state index contributed by atoms with van der Waals surface area (Å²) in [7, 11) is 1.40. The van der Waals surface area contributed by atoms with Gasteiger partial charge in [0.25, 0.3) is 5.69 Å². The Hall–Kier alpha value is -2.95. The molecule has 0 radical (unpaired) electrons. The lowest BCUT2D eigenvalue weighted by atomic mass is 9.44. The summed E-state index contributed by atoms with van der Waals surface area (Å²) < 4.78 is 27.9. The summed E-state index contributed by atoms with van der Waals surface area (Å²) in [6.45, 7) is 4.51. The molecule has 216 valence electrons. The predicted molar refractivity (Wildman–Crippen MR) is 142 cm³/mol. The summed E-state index contributed by atoms with van der Waals surface area (Å²) in [5.74, 6) is -2.03. The van der Waals surface area contributed by atoms with Crippen molar-refractivity contribution in [3.8, 4) is 5.75 Å². The zero-order chi connectivity index (χ0) is 29.3. The highest BCUT2D eigenvalue weighted by molar-refractivity contribution is 6.01. The smallest absolute Gasteiger partial charge is 0.278 e. The number of methoxy groups -OCH3 is 1. The van der Waals surface area contributed by atoms with E-state index in [9.17, 15) is 29.9 Å². The number of ether oxygens (including phenoxy) is 2. The lowest BCUT2D eigenvalue weighted by molar-refractivity contribution is -0.386. The number of carbonyl (C=O) groups excluding carboxylic acids is 2. The van der Waals surface area contributed by atoms with Crippen LogP contribution in [-0.4, -0.2) is 57.8 Å². The molecule has 1 aromatic rings. The second kappa shape index (κ2) is 9.56. The number of alkyl halides is 1. The molecule has 10 heteroatoms. The number of Topliss-reactive ketones (excluding diaryl/α,β-unsaturated/α-hetero) is 1. The molecule has 1 aromatic carbocycles. The van der Waals surface area contributed by atoms with Gasteiger partial charge in [-0.3, -0.25) is 19.7 Å². The van der Waals surface area contributed by atoms with Crippen LogP contribution in [0.25, 0.3) is 0 Å². The second-order valence-corrected chi connectivity index (χ2v) is 12.3. The maximum atomic E-state index is 17.3. The maximum Gasteiger partial charge on any atom is 0.278 e. The fraction of sp³-hybridized carbons (Fsp3) is 0.600. The zero-order valence-corrected chi connectivity index (χ0v) is 23.2.